The van der Waals surface area contributed by atoms with Crippen LogP contribution in [0.15, 0.2) is 18.2 Å². The van der Waals surface area contributed by atoms with Crippen molar-refractivity contribution in [3.05, 3.63) is 46.8 Å². The highest BCUT2D eigenvalue weighted by atomic mass is 19.4. The Hall–Kier alpha value is -3.58. The number of carboxylic acids is 1. The number of aliphatic carboxylic acids is 1. The third-order valence-electron chi connectivity index (χ3n) is 6.35. The molecule has 1 amide bonds. The van der Waals surface area contributed by atoms with Crippen molar-refractivity contribution in [3.8, 4) is 0 Å². The molecule has 2 aliphatic heterocycles. The molecule has 0 bridgehead atoms. The van der Waals surface area contributed by atoms with E-state index in [1.54, 1.807) is 4.90 Å². The quantitative estimate of drug-likeness (QED) is 0.392. The van der Waals surface area contributed by atoms with Gasteiger partial charge in [-0.3, -0.25) is 4.79 Å². The van der Waals surface area contributed by atoms with Gasteiger partial charge in [-0.2, -0.15) is 13.2 Å². The number of alkyl halides is 4. The smallest absolute Gasteiger partial charge is 0.475 e. The topological polar surface area (TPSA) is 98.7 Å². The van der Waals surface area contributed by atoms with Crippen LogP contribution in [0.25, 0.3) is 0 Å². The first-order chi connectivity index (χ1) is 18.3. The minimum absolute atomic E-state index is 0.0830. The molecule has 14 heteroatoms. The normalized spacial score (nSPS) is 16.7. The number of rotatable bonds is 6. The van der Waals surface area contributed by atoms with Crippen LogP contribution in [-0.2, 0) is 22.6 Å². The van der Waals surface area contributed by atoms with Crippen molar-refractivity contribution in [2.45, 2.75) is 58.0 Å². The van der Waals surface area contributed by atoms with Gasteiger partial charge in [0, 0.05) is 43.7 Å². The van der Waals surface area contributed by atoms with Crippen LogP contribution < -0.4 is 10.2 Å². The molecule has 1 atom stereocenters. The maximum absolute atomic E-state index is 15.0. The zero-order valence-electron chi connectivity index (χ0n) is 21.3. The third-order valence-corrected chi connectivity index (χ3v) is 6.35. The van der Waals surface area contributed by atoms with E-state index in [-0.39, 0.29) is 17.5 Å². The van der Waals surface area contributed by atoms with Crippen molar-refractivity contribution >= 4 is 24.0 Å². The van der Waals surface area contributed by atoms with Crippen LogP contribution >= 0.6 is 0 Å². The highest BCUT2D eigenvalue weighted by Gasteiger charge is 2.38. The largest absolute Gasteiger partial charge is 0.490 e. The highest BCUT2D eigenvalue weighted by Crippen LogP contribution is 2.37. The Labute approximate surface area is 221 Å². The van der Waals surface area contributed by atoms with Crippen LogP contribution in [0.4, 0.5) is 38.0 Å². The molecule has 1 saturated heterocycles. The number of carbonyl (C=O) groups is 2. The van der Waals surface area contributed by atoms with E-state index in [1.807, 2.05) is 13.8 Å². The lowest BCUT2D eigenvalue weighted by molar-refractivity contribution is -0.192. The fraction of sp³-hybridized carbons (Fsp3) is 0.520. The van der Waals surface area contributed by atoms with Gasteiger partial charge < -0.3 is 20.2 Å². The number of carbonyl (C=O) groups excluding carboxylic acids is 1. The maximum Gasteiger partial charge on any atom is 0.490 e. The molecular weight excluding hydrogens is 532 g/mol. The molecule has 1 aromatic carbocycles. The summed E-state index contributed by atoms with van der Waals surface area (Å²) < 4.78 is 74.0. The minimum atomic E-state index is -5.08. The zero-order chi connectivity index (χ0) is 28.9. The van der Waals surface area contributed by atoms with E-state index >= 15 is 4.39 Å². The summed E-state index contributed by atoms with van der Waals surface area (Å²) in [5.41, 5.74) is 1.59. The summed E-state index contributed by atoms with van der Waals surface area (Å²) >= 11 is 0. The highest BCUT2D eigenvalue weighted by molar-refractivity contribution is 5.73. The number of halogens is 6. The number of piperidine rings is 1. The van der Waals surface area contributed by atoms with Crippen LogP contribution in [0.3, 0.4) is 0 Å². The van der Waals surface area contributed by atoms with Crippen LogP contribution in [0.5, 0.6) is 0 Å². The Morgan fingerprint density at radius 2 is 1.77 bits per heavy atom. The molecule has 2 N–H and O–H groups in total. The van der Waals surface area contributed by atoms with Crippen molar-refractivity contribution in [3.63, 3.8) is 0 Å². The number of hydrogen-bond donors (Lipinski definition) is 2. The SMILES string of the molecule is CC(C)Nc1nc2c(nc1N1CCC([C@@H](F)c3ccc(F)cc3F)CC1)CCN(C=O)C2.O=C(O)C(F)(F)F. The number of carboxylic acid groups (broad SMARTS) is 1. The summed E-state index contributed by atoms with van der Waals surface area (Å²) in [4.78, 5) is 33.5. The summed E-state index contributed by atoms with van der Waals surface area (Å²) in [7, 11) is 0. The summed E-state index contributed by atoms with van der Waals surface area (Å²) in [6.07, 6.45) is -4.04. The number of aromatic nitrogens is 2. The predicted molar refractivity (Wildman–Crippen MR) is 130 cm³/mol. The number of nitrogens with zero attached hydrogens (tertiary/aromatic N) is 4. The fourth-order valence-corrected chi connectivity index (χ4v) is 4.41. The number of amides is 1. The molecule has 3 heterocycles. The molecule has 4 rings (SSSR count). The Bertz CT molecular complexity index is 1170. The lowest BCUT2D eigenvalue weighted by Gasteiger charge is -2.36. The van der Waals surface area contributed by atoms with Crippen LogP contribution in [0.1, 0.15) is 49.8 Å². The molecule has 214 valence electrons. The summed E-state index contributed by atoms with van der Waals surface area (Å²) in [6.45, 7) is 6.20. The van der Waals surface area contributed by atoms with Crippen molar-refractivity contribution < 1.29 is 41.0 Å². The predicted octanol–water partition coefficient (Wildman–Crippen LogP) is 4.65. The number of hydrogen-bond acceptors (Lipinski definition) is 6. The molecule has 0 spiro atoms. The van der Waals surface area contributed by atoms with Gasteiger partial charge in [0.15, 0.2) is 11.6 Å². The first-order valence-corrected chi connectivity index (χ1v) is 12.3. The second kappa shape index (κ2) is 12.5. The number of fused-ring (bicyclic) bond motifs is 1. The second-order valence-electron chi connectivity index (χ2n) is 9.61. The molecule has 2 aliphatic rings. The first-order valence-electron chi connectivity index (χ1n) is 12.3. The Morgan fingerprint density at radius 1 is 1.13 bits per heavy atom. The van der Waals surface area contributed by atoms with Gasteiger partial charge in [-0.25, -0.2) is 27.9 Å². The van der Waals surface area contributed by atoms with Gasteiger partial charge >= 0.3 is 12.1 Å². The fourth-order valence-electron chi connectivity index (χ4n) is 4.41. The minimum Gasteiger partial charge on any atom is -0.475 e. The van der Waals surface area contributed by atoms with E-state index in [4.69, 9.17) is 19.9 Å². The molecule has 39 heavy (non-hydrogen) atoms. The maximum atomic E-state index is 15.0. The van der Waals surface area contributed by atoms with E-state index in [1.165, 1.54) is 6.07 Å². The van der Waals surface area contributed by atoms with Crippen molar-refractivity contribution in [1.29, 1.82) is 0 Å². The molecule has 0 radical (unpaired) electrons. The summed E-state index contributed by atoms with van der Waals surface area (Å²) in [5.74, 6) is -3.26. The lowest BCUT2D eigenvalue weighted by atomic mass is 9.88. The summed E-state index contributed by atoms with van der Waals surface area (Å²) in [6, 6.07) is 3.17. The molecule has 1 fully saturated rings. The van der Waals surface area contributed by atoms with Crippen LogP contribution in [0, 0.1) is 17.6 Å². The average Bonchev–Trinajstić information content (AvgIpc) is 2.87. The molecule has 1 aromatic heterocycles. The Kier molecular flexibility index (Phi) is 9.62. The lowest BCUT2D eigenvalue weighted by Crippen LogP contribution is -2.38. The molecule has 8 nitrogen and oxygen atoms in total. The number of nitrogens with one attached hydrogen (secondary N) is 1. The van der Waals surface area contributed by atoms with Crippen molar-refractivity contribution in [2.75, 3.05) is 29.9 Å². The first kappa shape index (κ1) is 30.0. The van der Waals surface area contributed by atoms with Gasteiger partial charge in [0.05, 0.1) is 17.9 Å². The van der Waals surface area contributed by atoms with Gasteiger partial charge in [-0.1, -0.05) is 6.07 Å². The standard InChI is InChI=1S/C23H28F3N5O.C2HF3O2/c1-14(2)27-22-23(29-19-7-8-30(13-32)12-20(19)28-22)31-9-5-15(6-10-31)21(26)17-4-3-16(24)11-18(17)25;3-2(4,5)1(6)7/h3-4,11,13-15,21H,5-10,12H2,1-2H3,(H,27,28);(H,6,7)/t21-;/m1./s1. The van der Waals surface area contributed by atoms with E-state index < -0.39 is 30.0 Å². The van der Waals surface area contributed by atoms with Crippen molar-refractivity contribution in [1.82, 2.24) is 14.9 Å². The Morgan fingerprint density at radius 3 is 2.31 bits per heavy atom. The van der Waals surface area contributed by atoms with Gasteiger partial charge in [0.2, 0.25) is 6.41 Å². The average molecular weight is 562 g/mol. The molecular formula is C25H29F6N5O3. The van der Waals surface area contributed by atoms with E-state index in [9.17, 15) is 26.7 Å². The summed E-state index contributed by atoms with van der Waals surface area (Å²) in [5, 5.41) is 10.5. The zero-order valence-corrected chi connectivity index (χ0v) is 21.3. The van der Waals surface area contributed by atoms with E-state index in [0.29, 0.717) is 51.3 Å². The number of benzene rings is 1. The van der Waals surface area contributed by atoms with Gasteiger partial charge in [-0.05, 0) is 38.7 Å². The van der Waals surface area contributed by atoms with E-state index in [2.05, 4.69) is 10.2 Å². The molecule has 0 unspecified atom stereocenters. The molecule has 0 saturated carbocycles. The van der Waals surface area contributed by atoms with Gasteiger partial charge in [0.1, 0.15) is 17.8 Å². The third kappa shape index (κ3) is 7.73. The van der Waals surface area contributed by atoms with Crippen LogP contribution in [-0.4, -0.2) is 64.2 Å². The Balaban J connectivity index is 0.000000532. The van der Waals surface area contributed by atoms with E-state index in [0.717, 1.165) is 35.7 Å². The monoisotopic (exact) mass is 561 g/mol. The van der Waals surface area contributed by atoms with Crippen molar-refractivity contribution in [2.24, 2.45) is 5.92 Å². The van der Waals surface area contributed by atoms with Gasteiger partial charge in [-0.15, -0.1) is 0 Å². The van der Waals surface area contributed by atoms with Gasteiger partial charge in [0.25, 0.3) is 0 Å². The second-order valence-corrected chi connectivity index (χ2v) is 9.61. The molecule has 0 aliphatic carbocycles. The number of anilines is 2. The molecule has 2 aromatic rings. The van der Waals surface area contributed by atoms with Crippen LogP contribution in [0.2, 0.25) is 0 Å².